The van der Waals surface area contributed by atoms with E-state index in [-0.39, 0.29) is 17.0 Å². The van der Waals surface area contributed by atoms with Crippen LogP contribution in [0.3, 0.4) is 0 Å². The second kappa shape index (κ2) is 7.77. The predicted molar refractivity (Wildman–Crippen MR) is 90.7 cm³/mol. The van der Waals surface area contributed by atoms with Crippen molar-refractivity contribution in [1.29, 1.82) is 0 Å². The van der Waals surface area contributed by atoms with Gasteiger partial charge >= 0.3 is 0 Å². The van der Waals surface area contributed by atoms with Crippen molar-refractivity contribution in [2.75, 3.05) is 13.1 Å². The van der Waals surface area contributed by atoms with E-state index >= 15 is 0 Å². The van der Waals surface area contributed by atoms with Gasteiger partial charge in [-0.2, -0.15) is 0 Å². The van der Waals surface area contributed by atoms with Crippen molar-refractivity contribution in [2.45, 2.75) is 56.5 Å². The van der Waals surface area contributed by atoms with Crippen LogP contribution in [0.4, 0.5) is 0 Å². The van der Waals surface area contributed by atoms with Gasteiger partial charge in [-0.3, -0.25) is 4.90 Å². The lowest BCUT2D eigenvalue weighted by molar-refractivity contribution is 0.144. The zero-order chi connectivity index (χ0) is 16.2. The van der Waals surface area contributed by atoms with Gasteiger partial charge in [-0.25, -0.2) is 13.1 Å². The van der Waals surface area contributed by atoms with Crippen LogP contribution in [0.1, 0.15) is 39.5 Å². The fourth-order valence-electron chi connectivity index (χ4n) is 3.26. The van der Waals surface area contributed by atoms with E-state index < -0.39 is 10.0 Å². The molecule has 1 fully saturated rings. The molecule has 1 aromatic carbocycles. The lowest BCUT2D eigenvalue weighted by Crippen LogP contribution is -2.53. The Bertz CT molecular complexity index is 570. The van der Waals surface area contributed by atoms with Crippen molar-refractivity contribution in [3.63, 3.8) is 0 Å². The average Bonchev–Trinajstić information content (AvgIpc) is 2.50. The van der Waals surface area contributed by atoms with E-state index in [2.05, 4.69) is 23.5 Å². The number of hydrogen-bond acceptors (Lipinski definition) is 3. The number of benzene rings is 1. The number of rotatable bonds is 6. The molecule has 0 aromatic heterocycles. The SMILES string of the molecule is CCN(CC)[C@H]1CCCC[C@@H]1NS(=O)(=O)c1ccc(Cl)cc1. The molecule has 0 amide bonds. The molecule has 1 saturated carbocycles. The van der Waals surface area contributed by atoms with Crippen molar-refractivity contribution >= 4 is 21.6 Å². The Morgan fingerprint density at radius 2 is 1.73 bits per heavy atom. The predicted octanol–water partition coefficient (Wildman–Crippen LogP) is 3.27. The Labute approximate surface area is 138 Å². The number of likely N-dealkylation sites (N-methyl/N-ethyl adjacent to an activating group) is 1. The van der Waals surface area contributed by atoms with Gasteiger partial charge < -0.3 is 0 Å². The smallest absolute Gasteiger partial charge is 0.240 e. The molecule has 6 heteroatoms. The standard InChI is InChI=1S/C16H25ClN2O2S/c1-3-19(4-2)16-8-6-5-7-15(16)18-22(20,21)14-11-9-13(17)10-12-14/h9-12,15-16,18H,3-8H2,1-2H3/t15-,16-/m0/s1. The quantitative estimate of drug-likeness (QED) is 0.861. The second-order valence-corrected chi connectivity index (χ2v) is 7.91. The summed E-state index contributed by atoms with van der Waals surface area (Å²) in [5.74, 6) is 0. The highest BCUT2D eigenvalue weighted by Gasteiger charge is 2.32. The summed E-state index contributed by atoms with van der Waals surface area (Å²) in [4.78, 5) is 2.63. The van der Waals surface area contributed by atoms with Crippen LogP contribution in [-0.4, -0.2) is 38.5 Å². The molecule has 2 rings (SSSR count). The highest BCUT2D eigenvalue weighted by Crippen LogP contribution is 2.25. The minimum absolute atomic E-state index is 0.0191. The fraction of sp³-hybridized carbons (Fsp3) is 0.625. The van der Waals surface area contributed by atoms with Crippen molar-refractivity contribution < 1.29 is 8.42 Å². The highest BCUT2D eigenvalue weighted by molar-refractivity contribution is 7.89. The van der Waals surface area contributed by atoms with Gasteiger partial charge in [-0.05, 0) is 50.2 Å². The van der Waals surface area contributed by atoms with Crippen LogP contribution in [-0.2, 0) is 10.0 Å². The first-order valence-corrected chi connectivity index (χ1v) is 9.86. The molecular formula is C16H25ClN2O2S. The topological polar surface area (TPSA) is 49.4 Å². The van der Waals surface area contributed by atoms with E-state index in [9.17, 15) is 8.42 Å². The van der Waals surface area contributed by atoms with Crippen LogP contribution < -0.4 is 4.72 Å². The van der Waals surface area contributed by atoms with Crippen LogP contribution in [0, 0.1) is 0 Å². The molecule has 4 nitrogen and oxygen atoms in total. The molecular weight excluding hydrogens is 320 g/mol. The van der Waals surface area contributed by atoms with Gasteiger partial charge in [-0.15, -0.1) is 0 Å². The van der Waals surface area contributed by atoms with Crippen LogP contribution in [0.5, 0.6) is 0 Å². The summed E-state index contributed by atoms with van der Waals surface area (Å²) >= 11 is 5.83. The zero-order valence-corrected chi connectivity index (χ0v) is 14.8. The van der Waals surface area contributed by atoms with Crippen molar-refractivity contribution in [2.24, 2.45) is 0 Å². The summed E-state index contributed by atoms with van der Waals surface area (Å²) < 4.78 is 28.1. The minimum Gasteiger partial charge on any atom is -0.299 e. The lowest BCUT2D eigenvalue weighted by atomic mass is 9.90. The summed E-state index contributed by atoms with van der Waals surface area (Å²) in [7, 11) is -3.49. The summed E-state index contributed by atoms with van der Waals surface area (Å²) in [5, 5.41) is 0.539. The summed E-state index contributed by atoms with van der Waals surface area (Å²) in [6.45, 7) is 6.15. The largest absolute Gasteiger partial charge is 0.299 e. The Hall–Kier alpha value is -0.620. The van der Waals surface area contributed by atoms with E-state index in [1.165, 1.54) is 6.42 Å². The number of hydrogen-bond donors (Lipinski definition) is 1. The molecule has 0 unspecified atom stereocenters. The molecule has 0 bridgehead atoms. The third-order valence-corrected chi connectivity index (χ3v) is 6.20. The number of halogens is 1. The zero-order valence-electron chi connectivity index (χ0n) is 13.3. The third kappa shape index (κ3) is 4.22. The van der Waals surface area contributed by atoms with Crippen LogP contribution in [0.25, 0.3) is 0 Å². The first-order chi connectivity index (χ1) is 10.5. The van der Waals surface area contributed by atoms with Gasteiger partial charge in [0, 0.05) is 17.1 Å². The molecule has 1 aliphatic rings. The lowest BCUT2D eigenvalue weighted by Gasteiger charge is -2.39. The summed E-state index contributed by atoms with van der Waals surface area (Å²) in [6.07, 6.45) is 4.19. The maximum Gasteiger partial charge on any atom is 0.240 e. The monoisotopic (exact) mass is 344 g/mol. The van der Waals surface area contributed by atoms with E-state index in [1.807, 2.05) is 0 Å². The summed E-state index contributed by atoms with van der Waals surface area (Å²) in [5.41, 5.74) is 0. The van der Waals surface area contributed by atoms with Gasteiger partial charge in [0.1, 0.15) is 0 Å². The van der Waals surface area contributed by atoms with Crippen molar-refractivity contribution in [1.82, 2.24) is 9.62 Å². The van der Waals surface area contributed by atoms with Crippen LogP contribution in [0.15, 0.2) is 29.2 Å². The molecule has 0 aliphatic heterocycles. The third-order valence-electron chi connectivity index (χ3n) is 4.44. The molecule has 124 valence electrons. The van der Waals surface area contributed by atoms with Crippen molar-refractivity contribution in [3.8, 4) is 0 Å². The van der Waals surface area contributed by atoms with Crippen LogP contribution in [0.2, 0.25) is 5.02 Å². The number of nitrogens with zero attached hydrogens (tertiary/aromatic N) is 1. The Morgan fingerprint density at radius 3 is 2.32 bits per heavy atom. The van der Waals surface area contributed by atoms with E-state index in [4.69, 9.17) is 11.6 Å². The molecule has 1 N–H and O–H groups in total. The second-order valence-electron chi connectivity index (χ2n) is 5.75. The van der Waals surface area contributed by atoms with Gasteiger partial charge in [-0.1, -0.05) is 38.3 Å². The van der Waals surface area contributed by atoms with Gasteiger partial charge in [0.25, 0.3) is 0 Å². The molecule has 1 aromatic rings. The Morgan fingerprint density at radius 1 is 1.14 bits per heavy atom. The fourth-order valence-corrected chi connectivity index (χ4v) is 4.69. The molecule has 0 radical (unpaired) electrons. The average molecular weight is 345 g/mol. The Balaban J connectivity index is 2.17. The molecule has 0 heterocycles. The van der Waals surface area contributed by atoms with Gasteiger partial charge in [0.2, 0.25) is 10.0 Å². The normalized spacial score (nSPS) is 22.9. The van der Waals surface area contributed by atoms with Gasteiger partial charge in [0.15, 0.2) is 0 Å². The molecule has 1 aliphatic carbocycles. The molecule has 22 heavy (non-hydrogen) atoms. The molecule has 0 saturated heterocycles. The van der Waals surface area contributed by atoms with Crippen LogP contribution >= 0.6 is 11.6 Å². The van der Waals surface area contributed by atoms with Crippen molar-refractivity contribution in [3.05, 3.63) is 29.3 Å². The maximum atomic E-state index is 12.6. The maximum absolute atomic E-state index is 12.6. The highest BCUT2D eigenvalue weighted by atomic mass is 35.5. The first-order valence-electron chi connectivity index (χ1n) is 8.00. The number of sulfonamides is 1. The Kier molecular flexibility index (Phi) is 6.26. The van der Waals surface area contributed by atoms with E-state index in [0.717, 1.165) is 32.4 Å². The molecule has 0 spiro atoms. The minimum atomic E-state index is -3.49. The van der Waals surface area contributed by atoms with Gasteiger partial charge in [0.05, 0.1) is 4.90 Å². The first kappa shape index (κ1) is 17.7. The van der Waals surface area contributed by atoms with E-state index in [0.29, 0.717) is 5.02 Å². The number of nitrogens with one attached hydrogen (secondary N) is 1. The van der Waals surface area contributed by atoms with E-state index in [1.54, 1.807) is 24.3 Å². The summed E-state index contributed by atoms with van der Waals surface area (Å²) in [6, 6.07) is 6.59. The molecule has 2 atom stereocenters.